The highest BCUT2D eigenvalue weighted by Gasteiger charge is 2.31. The summed E-state index contributed by atoms with van der Waals surface area (Å²) in [5.74, 6) is 4.46. The molecule has 0 aromatic carbocycles. The molecule has 0 bridgehead atoms. The van der Waals surface area contributed by atoms with E-state index in [0.29, 0.717) is 39.0 Å². The molecule has 0 aromatic heterocycles. The van der Waals surface area contributed by atoms with Crippen LogP contribution in [-0.4, -0.2) is 60.2 Å². The van der Waals surface area contributed by atoms with Gasteiger partial charge in [-0.05, 0) is 25.8 Å². The molecule has 2 aliphatic rings. The van der Waals surface area contributed by atoms with E-state index in [1.807, 2.05) is 4.90 Å². The molecule has 0 saturated carbocycles. The predicted octanol–water partition coefficient (Wildman–Crippen LogP) is -1.98. The van der Waals surface area contributed by atoms with E-state index in [9.17, 15) is 14.4 Å². The number of likely N-dealkylation sites (tertiary alicyclic amines) is 2. The van der Waals surface area contributed by atoms with Crippen LogP contribution in [0.25, 0.3) is 0 Å². The smallest absolute Gasteiger partial charge is 0.237 e. The lowest BCUT2D eigenvalue weighted by Gasteiger charge is -2.32. The Balaban J connectivity index is 1.75. The minimum absolute atomic E-state index is 0.0479. The van der Waals surface area contributed by atoms with Gasteiger partial charge in [-0.3, -0.25) is 24.7 Å². The van der Waals surface area contributed by atoms with E-state index < -0.39 is 0 Å². The van der Waals surface area contributed by atoms with Gasteiger partial charge in [-0.15, -0.1) is 0 Å². The molecule has 21 heavy (non-hydrogen) atoms. The van der Waals surface area contributed by atoms with E-state index in [-0.39, 0.29) is 29.6 Å². The van der Waals surface area contributed by atoms with Crippen molar-refractivity contribution in [1.82, 2.24) is 15.2 Å². The molecule has 2 fully saturated rings. The maximum Gasteiger partial charge on any atom is 0.237 e. The van der Waals surface area contributed by atoms with Gasteiger partial charge in [0.25, 0.3) is 0 Å². The normalized spacial score (nSPS) is 24.0. The number of hydrogen-bond donors (Lipinski definition) is 3. The van der Waals surface area contributed by atoms with Gasteiger partial charge < -0.3 is 10.6 Å². The molecule has 3 amide bonds. The van der Waals surface area contributed by atoms with Crippen LogP contribution in [0.2, 0.25) is 0 Å². The predicted molar refractivity (Wildman–Crippen MR) is 75.4 cm³/mol. The number of carbonyl (C=O) groups is 3. The van der Waals surface area contributed by atoms with Crippen molar-refractivity contribution in [1.29, 1.82) is 0 Å². The molecular formula is C13H23N5O3. The standard InChI is InChI=1S/C13H23N5O3/c14-12(20)10-1-4-17(7-10)8-11(19)18-5-2-9(3-6-18)13(21)16-15/h9-10H,1-8,15H2,(H2,14,20)(H,16,21). The van der Waals surface area contributed by atoms with Crippen LogP contribution in [0, 0.1) is 11.8 Å². The topological polar surface area (TPSA) is 122 Å². The first-order valence-electron chi connectivity index (χ1n) is 7.31. The van der Waals surface area contributed by atoms with E-state index in [1.54, 1.807) is 4.90 Å². The molecule has 0 aromatic rings. The molecule has 0 aliphatic carbocycles. The minimum Gasteiger partial charge on any atom is -0.369 e. The third-order valence-electron chi connectivity index (χ3n) is 4.39. The number of carbonyl (C=O) groups excluding carboxylic acids is 3. The third-order valence-corrected chi connectivity index (χ3v) is 4.39. The SMILES string of the molecule is NNC(=O)C1CCN(C(=O)CN2CCC(C(N)=O)C2)CC1. The Hall–Kier alpha value is -1.67. The lowest BCUT2D eigenvalue weighted by Crippen LogP contribution is -2.47. The molecule has 2 heterocycles. The van der Waals surface area contributed by atoms with Crippen LogP contribution in [0.15, 0.2) is 0 Å². The van der Waals surface area contributed by atoms with E-state index in [2.05, 4.69) is 5.43 Å². The van der Waals surface area contributed by atoms with Gasteiger partial charge in [0.1, 0.15) is 0 Å². The van der Waals surface area contributed by atoms with Crippen molar-refractivity contribution in [2.24, 2.45) is 23.4 Å². The van der Waals surface area contributed by atoms with Gasteiger partial charge in [0.05, 0.1) is 12.5 Å². The largest absolute Gasteiger partial charge is 0.369 e. The Morgan fingerprint density at radius 2 is 1.67 bits per heavy atom. The summed E-state index contributed by atoms with van der Waals surface area (Å²) in [4.78, 5) is 38.5. The van der Waals surface area contributed by atoms with Crippen LogP contribution in [0.1, 0.15) is 19.3 Å². The molecule has 0 radical (unpaired) electrons. The van der Waals surface area contributed by atoms with Gasteiger partial charge in [0, 0.05) is 25.6 Å². The molecule has 5 N–H and O–H groups in total. The van der Waals surface area contributed by atoms with Gasteiger partial charge in [-0.2, -0.15) is 0 Å². The third kappa shape index (κ3) is 3.92. The number of rotatable bonds is 4. The fourth-order valence-corrected chi connectivity index (χ4v) is 3.01. The number of nitrogens with zero attached hydrogens (tertiary/aromatic N) is 2. The fourth-order valence-electron chi connectivity index (χ4n) is 3.01. The zero-order chi connectivity index (χ0) is 15.4. The van der Waals surface area contributed by atoms with Crippen molar-refractivity contribution in [2.45, 2.75) is 19.3 Å². The summed E-state index contributed by atoms with van der Waals surface area (Å²) in [6.45, 7) is 2.75. The monoisotopic (exact) mass is 297 g/mol. The molecular weight excluding hydrogens is 274 g/mol. The first-order valence-corrected chi connectivity index (χ1v) is 7.31. The van der Waals surface area contributed by atoms with Crippen molar-refractivity contribution in [3.05, 3.63) is 0 Å². The highest BCUT2D eigenvalue weighted by Crippen LogP contribution is 2.19. The van der Waals surface area contributed by atoms with Crippen LogP contribution in [0.4, 0.5) is 0 Å². The molecule has 8 heteroatoms. The second-order valence-electron chi connectivity index (χ2n) is 5.79. The van der Waals surface area contributed by atoms with Gasteiger partial charge >= 0.3 is 0 Å². The Labute approximate surface area is 123 Å². The summed E-state index contributed by atoms with van der Waals surface area (Å²) in [5, 5.41) is 0. The Morgan fingerprint density at radius 3 is 2.19 bits per heavy atom. The molecule has 2 aliphatic heterocycles. The van der Waals surface area contributed by atoms with Crippen LogP contribution in [0.5, 0.6) is 0 Å². The number of amides is 3. The van der Waals surface area contributed by atoms with Gasteiger partial charge in [0.15, 0.2) is 0 Å². The van der Waals surface area contributed by atoms with Crippen LogP contribution < -0.4 is 17.0 Å². The summed E-state index contributed by atoms with van der Waals surface area (Å²) >= 11 is 0. The molecule has 2 saturated heterocycles. The molecule has 1 atom stereocenters. The maximum atomic E-state index is 12.2. The van der Waals surface area contributed by atoms with Crippen molar-refractivity contribution in [3.8, 4) is 0 Å². The average molecular weight is 297 g/mol. The Kier molecular flexibility index (Phi) is 5.13. The maximum absolute atomic E-state index is 12.2. The van der Waals surface area contributed by atoms with Crippen LogP contribution in [0.3, 0.4) is 0 Å². The van der Waals surface area contributed by atoms with E-state index in [0.717, 1.165) is 13.0 Å². The number of nitrogens with two attached hydrogens (primary N) is 2. The first-order chi connectivity index (χ1) is 10.0. The van der Waals surface area contributed by atoms with E-state index in [1.165, 1.54) is 0 Å². The summed E-state index contributed by atoms with van der Waals surface area (Å²) in [6.07, 6.45) is 2.00. The number of hydrogen-bond acceptors (Lipinski definition) is 5. The lowest BCUT2D eigenvalue weighted by atomic mass is 9.96. The molecule has 2 rings (SSSR count). The lowest BCUT2D eigenvalue weighted by molar-refractivity contribution is -0.136. The molecule has 8 nitrogen and oxygen atoms in total. The summed E-state index contributed by atoms with van der Waals surface area (Å²) in [7, 11) is 0. The van der Waals surface area contributed by atoms with Gasteiger partial charge in [-0.25, -0.2) is 5.84 Å². The van der Waals surface area contributed by atoms with Crippen LogP contribution >= 0.6 is 0 Å². The number of nitrogens with one attached hydrogen (secondary N) is 1. The zero-order valence-corrected chi connectivity index (χ0v) is 12.1. The molecule has 0 spiro atoms. The quantitative estimate of drug-likeness (QED) is 0.315. The highest BCUT2D eigenvalue weighted by molar-refractivity contribution is 5.81. The van der Waals surface area contributed by atoms with Gasteiger partial charge in [-0.1, -0.05) is 0 Å². The molecule has 1 unspecified atom stereocenters. The van der Waals surface area contributed by atoms with Crippen molar-refractivity contribution in [3.63, 3.8) is 0 Å². The minimum atomic E-state index is -0.293. The second-order valence-corrected chi connectivity index (χ2v) is 5.79. The number of primary amides is 1. The zero-order valence-electron chi connectivity index (χ0n) is 12.1. The second kappa shape index (κ2) is 6.86. The van der Waals surface area contributed by atoms with E-state index >= 15 is 0 Å². The van der Waals surface area contributed by atoms with Crippen LogP contribution in [-0.2, 0) is 14.4 Å². The average Bonchev–Trinajstić information content (AvgIpc) is 2.95. The Bertz CT molecular complexity index is 420. The highest BCUT2D eigenvalue weighted by atomic mass is 16.2. The number of hydrazine groups is 1. The van der Waals surface area contributed by atoms with Crippen molar-refractivity contribution < 1.29 is 14.4 Å². The Morgan fingerprint density at radius 1 is 1.05 bits per heavy atom. The number of piperidine rings is 1. The van der Waals surface area contributed by atoms with Crippen molar-refractivity contribution >= 4 is 17.7 Å². The fraction of sp³-hybridized carbons (Fsp3) is 0.769. The summed E-state index contributed by atoms with van der Waals surface area (Å²) in [5.41, 5.74) is 7.44. The molecule has 118 valence electrons. The van der Waals surface area contributed by atoms with Crippen molar-refractivity contribution in [2.75, 3.05) is 32.7 Å². The van der Waals surface area contributed by atoms with E-state index in [4.69, 9.17) is 11.6 Å². The summed E-state index contributed by atoms with van der Waals surface area (Å²) in [6, 6.07) is 0. The van der Waals surface area contributed by atoms with Gasteiger partial charge in [0.2, 0.25) is 17.7 Å². The summed E-state index contributed by atoms with van der Waals surface area (Å²) < 4.78 is 0. The first kappa shape index (κ1) is 15.7.